The first-order chi connectivity index (χ1) is 11.6. The van der Waals surface area contributed by atoms with E-state index in [0.717, 1.165) is 11.3 Å². The number of nitrogens with zero attached hydrogens (tertiary/aromatic N) is 1. The Hall–Kier alpha value is -2.01. The van der Waals surface area contributed by atoms with Crippen molar-refractivity contribution in [2.45, 2.75) is 19.8 Å². The van der Waals surface area contributed by atoms with Gasteiger partial charge in [-0.2, -0.15) is 0 Å². The number of aliphatic hydroxyl groups excluding tert-OH is 1. The SMILES string of the molecule is CC(C)c1ccc(/C=C/c2cc3ccccc3s2)cn1.CNCO. The summed E-state index contributed by atoms with van der Waals surface area (Å²) in [4.78, 5) is 5.76. The lowest BCUT2D eigenvalue weighted by Crippen LogP contribution is -2.04. The quantitative estimate of drug-likeness (QED) is 0.674. The first kappa shape index (κ1) is 18.3. The second-order valence-corrected chi connectivity index (χ2v) is 6.82. The third-order valence-electron chi connectivity index (χ3n) is 3.44. The van der Waals surface area contributed by atoms with Crippen LogP contribution < -0.4 is 5.32 Å². The fraction of sp³-hybridized carbons (Fsp3) is 0.250. The molecule has 2 N–H and O–H groups in total. The molecule has 0 unspecified atom stereocenters. The standard InChI is InChI=1S/C18H17NS.C2H7NO/c1-13(2)17-10-8-14(12-19-17)7-9-16-11-15-5-3-4-6-18(15)20-16;1-3-2-4/h3-13H,1-2H3;3-4H,2H2,1H3/b9-7+;. The Balaban J connectivity index is 0.000000471. The summed E-state index contributed by atoms with van der Waals surface area (Å²) in [6.45, 7) is 4.39. The molecule has 0 aliphatic carbocycles. The minimum absolute atomic E-state index is 0.0694. The molecule has 0 amide bonds. The summed E-state index contributed by atoms with van der Waals surface area (Å²) in [6, 6.07) is 14.9. The molecule has 2 heterocycles. The molecule has 0 radical (unpaired) electrons. The lowest BCUT2D eigenvalue weighted by molar-refractivity contribution is 0.273. The van der Waals surface area contributed by atoms with E-state index in [9.17, 15) is 0 Å². The van der Waals surface area contributed by atoms with E-state index in [1.165, 1.54) is 15.0 Å². The first-order valence-corrected chi connectivity index (χ1v) is 8.83. The first-order valence-electron chi connectivity index (χ1n) is 8.02. The molecule has 0 saturated carbocycles. The van der Waals surface area contributed by atoms with Gasteiger partial charge in [0.2, 0.25) is 0 Å². The maximum absolute atomic E-state index is 7.76. The van der Waals surface area contributed by atoms with Crippen molar-refractivity contribution in [3.8, 4) is 0 Å². The minimum atomic E-state index is 0.0694. The summed E-state index contributed by atoms with van der Waals surface area (Å²) < 4.78 is 1.33. The smallest absolute Gasteiger partial charge is 0.0929 e. The van der Waals surface area contributed by atoms with Crippen molar-refractivity contribution >= 4 is 33.6 Å². The second-order valence-electron chi connectivity index (χ2n) is 5.70. The molecule has 0 fully saturated rings. The lowest BCUT2D eigenvalue weighted by atomic mass is 10.1. The third kappa shape index (κ3) is 5.27. The van der Waals surface area contributed by atoms with Crippen molar-refractivity contribution < 1.29 is 5.11 Å². The van der Waals surface area contributed by atoms with E-state index in [2.05, 4.69) is 78.8 Å². The van der Waals surface area contributed by atoms with Crippen LogP contribution in [0.5, 0.6) is 0 Å². The summed E-state index contributed by atoms with van der Waals surface area (Å²) in [5.41, 5.74) is 2.29. The second kappa shape index (κ2) is 9.33. The van der Waals surface area contributed by atoms with Crippen LogP contribution in [-0.2, 0) is 0 Å². The number of hydrogen-bond acceptors (Lipinski definition) is 4. The zero-order valence-corrected chi connectivity index (χ0v) is 15.2. The molecule has 3 rings (SSSR count). The summed E-state index contributed by atoms with van der Waals surface area (Å²) in [5.74, 6) is 0.482. The Kier molecular flexibility index (Phi) is 7.12. The molecule has 1 aromatic carbocycles. The van der Waals surface area contributed by atoms with Crippen LogP contribution in [0.4, 0.5) is 0 Å². The van der Waals surface area contributed by atoms with Crippen LogP contribution in [-0.4, -0.2) is 23.9 Å². The number of fused-ring (bicyclic) bond motifs is 1. The highest BCUT2D eigenvalue weighted by Crippen LogP contribution is 2.26. The Morgan fingerprint density at radius 3 is 2.50 bits per heavy atom. The van der Waals surface area contributed by atoms with Gasteiger partial charge in [0.05, 0.1) is 6.73 Å². The van der Waals surface area contributed by atoms with Crippen molar-refractivity contribution in [1.29, 1.82) is 0 Å². The number of thiophene rings is 1. The van der Waals surface area contributed by atoms with Crippen LogP contribution in [0, 0.1) is 0 Å². The fourth-order valence-corrected chi connectivity index (χ4v) is 3.09. The highest BCUT2D eigenvalue weighted by Gasteiger charge is 2.00. The number of aromatic nitrogens is 1. The van der Waals surface area contributed by atoms with Crippen LogP contribution in [0.1, 0.15) is 35.9 Å². The van der Waals surface area contributed by atoms with Gasteiger partial charge in [0.15, 0.2) is 0 Å². The molecule has 4 heteroatoms. The van der Waals surface area contributed by atoms with E-state index < -0.39 is 0 Å². The molecule has 0 bridgehead atoms. The van der Waals surface area contributed by atoms with Crippen molar-refractivity contribution in [2.75, 3.05) is 13.8 Å². The van der Waals surface area contributed by atoms with Gasteiger partial charge >= 0.3 is 0 Å². The van der Waals surface area contributed by atoms with Crippen molar-refractivity contribution in [1.82, 2.24) is 10.3 Å². The van der Waals surface area contributed by atoms with Gasteiger partial charge in [-0.1, -0.05) is 44.2 Å². The van der Waals surface area contributed by atoms with Gasteiger partial charge in [-0.05, 0) is 48.2 Å². The topological polar surface area (TPSA) is 45.2 Å². The zero-order valence-electron chi connectivity index (χ0n) is 14.4. The molecule has 0 saturated heterocycles. The monoisotopic (exact) mass is 340 g/mol. The molecule has 0 atom stereocenters. The average Bonchev–Trinajstić information content (AvgIpc) is 3.03. The molecule has 2 aromatic heterocycles. The highest BCUT2D eigenvalue weighted by atomic mass is 32.1. The number of aliphatic hydroxyl groups is 1. The van der Waals surface area contributed by atoms with E-state index in [1.807, 2.05) is 17.5 Å². The van der Waals surface area contributed by atoms with E-state index in [4.69, 9.17) is 5.11 Å². The van der Waals surface area contributed by atoms with Crippen molar-refractivity contribution in [3.63, 3.8) is 0 Å². The predicted molar refractivity (Wildman–Crippen MR) is 105 cm³/mol. The number of nitrogens with one attached hydrogen (secondary N) is 1. The van der Waals surface area contributed by atoms with Gasteiger partial charge in [0, 0.05) is 21.5 Å². The van der Waals surface area contributed by atoms with Crippen molar-refractivity contribution in [2.24, 2.45) is 0 Å². The zero-order chi connectivity index (χ0) is 17.4. The normalized spacial score (nSPS) is 11.0. The Morgan fingerprint density at radius 2 is 1.92 bits per heavy atom. The van der Waals surface area contributed by atoms with E-state index >= 15 is 0 Å². The van der Waals surface area contributed by atoms with Crippen LogP contribution in [0.3, 0.4) is 0 Å². The number of benzene rings is 1. The van der Waals surface area contributed by atoms with Gasteiger partial charge in [-0.25, -0.2) is 0 Å². The Labute approximate surface area is 147 Å². The minimum Gasteiger partial charge on any atom is -0.381 e. The molecule has 0 spiro atoms. The van der Waals surface area contributed by atoms with E-state index in [-0.39, 0.29) is 6.73 Å². The van der Waals surface area contributed by atoms with Crippen LogP contribution in [0.25, 0.3) is 22.2 Å². The molecule has 3 aromatic rings. The largest absolute Gasteiger partial charge is 0.381 e. The highest BCUT2D eigenvalue weighted by molar-refractivity contribution is 7.19. The molecule has 0 aliphatic heterocycles. The molecule has 0 aliphatic rings. The fourth-order valence-electron chi connectivity index (χ4n) is 2.12. The van der Waals surface area contributed by atoms with Gasteiger partial charge in [-0.15, -0.1) is 11.3 Å². The third-order valence-corrected chi connectivity index (χ3v) is 4.52. The number of rotatable bonds is 4. The lowest BCUT2D eigenvalue weighted by Gasteiger charge is -2.03. The summed E-state index contributed by atoms with van der Waals surface area (Å²) in [7, 11) is 1.68. The molecule has 3 nitrogen and oxygen atoms in total. The van der Waals surface area contributed by atoms with Gasteiger partial charge in [-0.3, -0.25) is 10.3 Å². The van der Waals surface area contributed by atoms with E-state index in [0.29, 0.717) is 5.92 Å². The van der Waals surface area contributed by atoms with Gasteiger partial charge < -0.3 is 5.11 Å². The Morgan fingerprint density at radius 1 is 1.17 bits per heavy atom. The maximum atomic E-state index is 7.76. The number of pyridine rings is 1. The van der Waals surface area contributed by atoms with Gasteiger partial charge in [0.1, 0.15) is 0 Å². The molecule has 24 heavy (non-hydrogen) atoms. The van der Waals surface area contributed by atoms with Crippen molar-refractivity contribution in [3.05, 3.63) is 64.8 Å². The van der Waals surface area contributed by atoms with Crippen LogP contribution >= 0.6 is 11.3 Å². The van der Waals surface area contributed by atoms with Gasteiger partial charge in [0.25, 0.3) is 0 Å². The van der Waals surface area contributed by atoms with Crippen LogP contribution in [0.15, 0.2) is 48.7 Å². The Bertz CT molecular complexity index is 741. The van der Waals surface area contributed by atoms with Crippen LogP contribution in [0.2, 0.25) is 0 Å². The molecular weight excluding hydrogens is 316 g/mol. The maximum Gasteiger partial charge on any atom is 0.0929 e. The summed E-state index contributed by atoms with van der Waals surface area (Å²) in [5, 5.41) is 11.6. The summed E-state index contributed by atoms with van der Waals surface area (Å²) >= 11 is 1.82. The number of hydrogen-bond donors (Lipinski definition) is 2. The molecular formula is C20H24N2OS. The average molecular weight is 340 g/mol. The summed E-state index contributed by atoms with van der Waals surface area (Å²) in [6.07, 6.45) is 6.23. The van der Waals surface area contributed by atoms with E-state index in [1.54, 1.807) is 7.05 Å². The predicted octanol–water partition coefficient (Wildman–Crippen LogP) is 4.75. The molecule has 126 valence electrons.